The minimum atomic E-state index is 0.0667. The van der Waals surface area contributed by atoms with Crippen molar-refractivity contribution in [3.63, 3.8) is 0 Å². The number of aromatic amines is 1. The third-order valence-electron chi connectivity index (χ3n) is 5.20. The molecular weight excluding hydrogens is 282 g/mol. The quantitative estimate of drug-likeness (QED) is 0.899. The first-order valence-electron chi connectivity index (χ1n) is 8.40. The largest absolute Gasteiger partial charge is 0.315 e. The number of H-pyrrole nitrogens is 1. The Morgan fingerprint density at radius 2 is 2.14 bits per heavy atom. The van der Waals surface area contributed by atoms with Gasteiger partial charge in [0.15, 0.2) is 0 Å². The maximum Gasteiger partial charge on any atom is 0.304 e. The van der Waals surface area contributed by atoms with Gasteiger partial charge < -0.3 is 10.3 Å². The van der Waals surface area contributed by atoms with Crippen LogP contribution in [-0.2, 0) is 6.54 Å². The summed E-state index contributed by atoms with van der Waals surface area (Å²) in [6, 6.07) is 1.23. The lowest BCUT2D eigenvalue weighted by atomic mass is 9.82. The maximum absolute atomic E-state index is 11.3. The van der Waals surface area contributed by atoms with Crippen LogP contribution in [0, 0.1) is 5.92 Å². The van der Waals surface area contributed by atoms with Crippen LogP contribution in [0.1, 0.15) is 51.1 Å². The number of rotatable bonds is 4. The molecule has 4 nitrogen and oxygen atoms in total. The first kappa shape index (κ1) is 15.3. The van der Waals surface area contributed by atoms with Gasteiger partial charge in [-0.05, 0) is 25.2 Å². The highest BCUT2D eigenvalue weighted by Gasteiger charge is 2.32. The highest BCUT2D eigenvalue weighted by molar-refractivity contribution is 7.07. The van der Waals surface area contributed by atoms with E-state index in [1.807, 2.05) is 5.38 Å². The van der Waals surface area contributed by atoms with Crippen LogP contribution in [0.4, 0.5) is 0 Å². The second-order valence-electron chi connectivity index (χ2n) is 6.58. The lowest BCUT2D eigenvalue weighted by molar-refractivity contribution is 0.0864. The van der Waals surface area contributed by atoms with E-state index in [1.54, 1.807) is 0 Å². The van der Waals surface area contributed by atoms with Crippen molar-refractivity contribution in [2.45, 2.75) is 64.1 Å². The summed E-state index contributed by atoms with van der Waals surface area (Å²) in [5.74, 6) is 0.848. The molecule has 0 aromatic carbocycles. The van der Waals surface area contributed by atoms with Crippen LogP contribution in [0.15, 0.2) is 10.2 Å². The van der Waals surface area contributed by atoms with Gasteiger partial charge in [0, 0.05) is 42.8 Å². The standard InChI is InChI=1S/C16H27N3OS/c1-2-14-8-17-15(12-6-4-3-5-7-12)10-19(14)9-13-11-21-16(20)18-13/h11-12,14-15,17H,2-10H2,1H3,(H,18,20). The molecule has 1 aromatic heterocycles. The van der Waals surface area contributed by atoms with Crippen molar-refractivity contribution in [1.82, 2.24) is 15.2 Å². The van der Waals surface area contributed by atoms with Gasteiger partial charge in [0.2, 0.25) is 0 Å². The molecule has 2 fully saturated rings. The van der Waals surface area contributed by atoms with E-state index in [9.17, 15) is 4.79 Å². The van der Waals surface area contributed by atoms with Crippen molar-refractivity contribution in [1.29, 1.82) is 0 Å². The Labute approximate surface area is 130 Å². The summed E-state index contributed by atoms with van der Waals surface area (Å²) >= 11 is 1.28. The van der Waals surface area contributed by atoms with Gasteiger partial charge in [0.25, 0.3) is 0 Å². The zero-order valence-corrected chi connectivity index (χ0v) is 13.8. The first-order valence-corrected chi connectivity index (χ1v) is 9.28. The third kappa shape index (κ3) is 3.76. The van der Waals surface area contributed by atoms with E-state index in [2.05, 4.69) is 22.1 Å². The van der Waals surface area contributed by atoms with E-state index in [0.29, 0.717) is 12.1 Å². The van der Waals surface area contributed by atoms with Crippen molar-refractivity contribution < 1.29 is 0 Å². The smallest absolute Gasteiger partial charge is 0.304 e. The van der Waals surface area contributed by atoms with Crippen molar-refractivity contribution in [2.24, 2.45) is 5.92 Å². The zero-order valence-electron chi connectivity index (χ0n) is 12.9. The normalized spacial score (nSPS) is 28.8. The van der Waals surface area contributed by atoms with Crippen molar-refractivity contribution >= 4 is 11.3 Å². The van der Waals surface area contributed by atoms with E-state index >= 15 is 0 Å². The number of nitrogens with zero attached hydrogens (tertiary/aromatic N) is 1. The van der Waals surface area contributed by atoms with Crippen LogP contribution >= 0.6 is 11.3 Å². The van der Waals surface area contributed by atoms with E-state index in [0.717, 1.165) is 31.2 Å². The molecule has 1 aliphatic carbocycles. The molecule has 2 atom stereocenters. The zero-order chi connectivity index (χ0) is 14.7. The molecule has 118 valence electrons. The lowest BCUT2D eigenvalue weighted by Gasteiger charge is -2.43. The lowest BCUT2D eigenvalue weighted by Crippen LogP contribution is -2.58. The minimum Gasteiger partial charge on any atom is -0.315 e. The highest BCUT2D eigenvalue weighted by Crippen LogP contribution is 2.29. The summed E-state index contributed by atoms with van der Waals surface area (Å²) in [7, 11) is 0. The molecular formula is C16H27N3OS. The van der Waals surface area contributed by atoms with Gasteiger partial charge in [-0.2, -0.15) is 0 Å². The monoisotopic (exact) mass is 309 g/mol. The molecule has 0 bridgehead atoms. The number of aromatic nitrogens is 1. The summed E-state index contributed by atoms with van der Waals surface area (Å²) in [6.07, 6.45) is 8.16. The molecule has 0 radical (unpaired) electrons. The summed E-state index contributed by atoms with van der Waals surface area (Å²) in [6.45, 7) is 5.37. The SMILES string of the molecule is CCC1CNC(C2CCCCC2)CN1Cc1csc(=O)[nH]1. The summed E-state index contributed by atoms with van der Waals surface area (Å²) in [5.41, 5.74) is 1.08. The molecule has 0 spiro atoms. The molecule has 1 aliphatic heterocycles. The Balaban J connectivity index is 1.64. The first-order chi connectivity index (χ1) is 10.3. The Hall–Kier alpha value is -0.650. The number of nitrogens with one attached hydrogen (secondary N) is 2. The predicted molar refractivity (Wildman–Crippen MR) is 87.8 cm³/mol. The molecule has 5 heteroatoms. The molecule has 0 amide bonds. The fourth-order valence-electron chi connectivity index (χ4n) is 3.94. The number of thiazole rings is 1. The molecule has 2 aliphatic rings. The van der Waals surface area contributed by atoms with Crippen molar-refractivity contribution in [2.75, 3.05) is 13.1 Å². The van der Waals surface area contributed by atoms with Gasteiger partial charge in [-0.25, -0.2) is 0 Å². The Bertz CT molecular complexity index is 492. The molecule has 3 rings (SSSR count). The van der Waals surface area contributed by atoms with Crippen LogP contribution in [0.3, 0.4) is 0 Å². The van der Waals surface area contributed by atoms with Gasteiger partial charge in [0.1, 0.15) is 0 Å². The number of hydrogen-bond acceptors (Lipinski definition) is 4. The maximum atomic E-state index is 11.3. The van der Waals surface area contributed by atoms with E-state index in [-0.39, 0.29) is 4.87 Å². The average Bonchev–Trinajstić information content (AvgIpc) is 2.93. The predicted octanol–water partition coefficient (Wildman–Crippen LogP) is 2.57. The second kappa shape index (κ2) is 7.07. The third-order valence-corrected chi connectivity index (χ3v) is 5.92. The summed E-state index contributed by atoms with van der Waals surface area (Å²) in [4.78, 5) is 16.9. The Kier molecular flexibility index (Phi) is 5.14. The highest BCUT2D eigenvalue weighted by atomic mass is 32.1. The van der Waals surface area contributed by atoms with Crippen LogP contribution in [0.25, 0.3) is 0 Å². The van der Waals surface area contributed by atoms with Crippen LogP contribution in [0.5, 0.6) is 0 Å². The van der Waals surface area contributed by atoms with Crippen molar-refractivity contribution in [3.05, 3.63) is 20.7 Å². The molecule has 2 N–H and O–H groups in total. The van der Waals surface area contributed by atoms with Crippen molar-refractivity contribution in [3.8, 4) is 0 Å². The van der Waals surface area contributed by atoms with Crippen LogP contribution in [-0.4, -0.2) is 35.1 Å². The Morgan fingerprint density at radius 1 is 1.33 bits per heavy atom. The van der Waals surface area contributed by atoms with Crippen LogP contribution < -0.4 is 10.2 Å². The summed E-state index contributed by atoms with van der Waals surface area (Å²) < 4.78 is 0. The second-order valence-corrected chi connectivity index (χ2v) is 7.42. The van der Waals surface area contributed by atoms with Gasteiger partial charge in [-0.1, -0.05) is 37.5 Å². The molecule has 1 aromatic rings. The Morgan fingerprint density at radius 3 is 2.81 bits per heavy atom. The molecule has 2 unspecified atom stereocenters. The average molecular weight is 309 g/mol. The van der Waals surface area contributed by atoms with Gasteiger partial charge in [0.05, 0.1) is 0 Å². The van der Waals surface area contributed by atoms with E-state index < -0.39 is 0 Å². The molecule has 21 heavy (non-hydrogen) atoms. The van der Waals surface area contributed by atoms with Gasteiger partial charge >= 0.3 is 4.87 Å². The fourth-order valence-corrected chi connectivity index (χ4v) is 4.51. The summed E-state index contributed by atoms with van der Waals surface area (Å²) in [5, 5.41) is 5.78. The molecule has 2 heterocycles. The topological polar surface area (TPSA) is 48.1 Å². The fraction of sp³-hybridized carbons (Fsp3) is 0.812. The van der Waals surface area contributed by atoms with Gasteiger partial charge in [-0.3, -0.25) is 9.69 Å². The number of hydrogen-bond donors (Lipinski definition) is 2. The van der Waals surface area contributed by atoms with E-state index in [1.165, 1.54) is 49.9 Å². The molecule has 1 saturated heterocycles. The van der Waals surface area contributed by atoms with E-state index in [4.69, 9.17) is 0 Å². The minimum absolute atomic E-state index is 0.0667. The number of piperazine rings is 1. The molecule has 1 saturated carbocycles. The van der Waals surface area contributed by atoms with Gasteiger partial charge in [-0.15, -0.1) is 0 Å². The van der Waals surface area contributed by atoms with Crippen LogP contribution in [0.2, 0.25) is 0 Å².